The number of hydrogen-bond donors (Lipinski definition) is 2. The fraction of sp³-hybridized carbons (Fsp3) is 0.200. The molecule has 2 N–H and O–H groups in total. The van der Waals surface area contributed by atoms with Gasteiger partial charge in [-0.05, 0) is 42.5 Å². The molecule has 0 radical (unpaired) electrons. The standard InChI is InChI=1S/C20H16BrCl2N3O5/c21-12-1-4-14(5-2-12)24-17(27)10-31-20(30)11-7-18(28)26(9-11)25-19(29)15-6-3-13(22)8-16(15)23/h1-6,8,11H,7,9-10H2,(H,24,27)(H,25,29)/t11-/m1/s1. The molecular formula is C20H16BrCl2N3O5. The van der Waals surface area contributed by atoms with Gasteiger partial charge in [0.2, 0.25) is 5.91 Å². The molecule has 3 rings (SSSR count). The molecule has 1 atom stereocenters. The number of rotatable bonds is 6. The van der Waals surface area contributed by atoms with Gasteiger partial charge < -0.3 is 10.1 Å². The highest BCUT2D eigenvalue weighted by atomic mass is 79.9. The van der Waals surface area contributed by atoms with Crippen molar-refractivity contribution < 1.29 is 23.9 Å². The lowest BCUT2D eigenvalue weighted by molar-refractivity contribution is -0.151. The van der Waals surface area contributed by atoms with E-state index in [2.05, 4.69) is 26.7 Å². The highest BCUT2D eigenvalue weighted by Crippen LogP contribution is 2.22. The van der Waals surface area contributed by atoms with Gasteiger partial charge in [0.15, 0.2) is 6.61 Å². The third kappa shape index (κ3) is 6.19. The Bertz CT molecular complexity index is 1030. The van der Waals surface area contributed by atoms with Crippen LogP contribution >= 0.6 is 39.1 Å². The summed E-state index contributed by atoms with van der Waals surface area (Å²) in [6.45, 7) is -0.574. The zero-order valence-electron chi connectivity index (χ0n) is 15.9. The van der Waals surface area contributed by atoms with Crippen LogP contribution in [0.2, 0.25) is 10.0 Å². The minimum atomic E-state index is -0.811. The van der Waals surface area contributed by atoms with Gasteiger partial charge in [0.25, 0.3) is 11.8 Å². The summed E-state index contributed by atoms with van der Waals surface area (Å²) in [7, 11) is 0. The molecule has 8 nitrogen and oxygen atoms in total. The molecule has 11 heteroatoms. The van der Waals surface area contributed by atoms with E-state index in [9.17, 15) is 19.2 Å². The average Bonchev–Trinajstić information content (AvgIpc) is 3.08. The van der Waals surface area contributed by atoms with E-state index in [1.165, 1.54) is 18.2 Å². The third-order valence-electron chi connectivity index (χ3n) is 4.34. The van der Waals surface area contributed by atoms with Crippen LogP contribution in [0.4, 0.5) is 5.69 Å². The molecule has 0 spiro atoms. The van der Waals surface area contributed by atoms with Crippen molar-refractivity contribution in [2.24, 2.45) is 5.92 Å². The van der Waals surface area contributed by atoms with Gasteiger partial charge in [-0.3, -0.25) is 29.6 Å². The summed E-state index contributed by atoms with van der Waals surface area (Å²) in [4.78, 5) is 48.7. The molecule has 1 fully saturated rings. The van der Waals surface area contributed by atoms with E-state index in [0.29, 0.717) is 10.7 Å². The van der Waals surface area contributed by atoms with Gasteiger partial charge in [0.05, 0.1) is 23.0 Å². The van der Waals surface area contributed by atoms with Crippen LogP contribution in [0.3, 0.4) is 0 Å². The van der Waals surface area contributed by atoms with Crippen molar-refractivity contribution >= 4 is 68.5 Å². The highest BCUT2D eigenvalue weighted by Gasteiger charge is 2.37. The molecule has 1 heterocycles. The third-order valence-corrected chi connectivity index (χ3v) is 5.42. The zero-order chi connectivity index (χ0) is 22.5. The van der Waals surface area contributed by atoms with Crippen LogP contribution in [-0.2, 0) is 19.1 Å². The maximum Gasteiger partial charge on any atom is 0.311 e. The van der Waals surface area contributed by atoms with Crippen LogP contribution < -0.4 is 10.7 Å². The first-order valence-corrected chi connectivity index (χ1v) is 10.6. The fourth-order valence-electron chi connectivity index (χ4n) is 2.81. The predicted octanol–water partition coefficient (Wildman–Crippen LogP) is 3.43. The number of benzene rings is 2. The Hall–Kier alpha value is -2.62. The largest absolute Gasteiger partial charge is 0.455 e. The minimum absolute atomic E-state index is 0.0804. The lowest BCUT2D eigenvalue weighted by Crippen LogP contribution is -2.43. The first-order valence-electron chi connectivity index (χ1n) is 9.01. The molecule has 0 saturated carbocycles. The van der Waals surface area contributed by atoms with E-state index in [1.807, 2.05) is 0 Å². The van der Waals surface area contributed by atoms with Gasteiger partial charge in [-0.25, -0.2) is 0 Å². The monoisotopic (exact) mass is 527 g/mol. The first-order chi connectivity index (χ1) is 14.7. The van der Waals surface area contributed by atoms with Crippen molar-refractivity contribution in [3.63, 3.8) is 0 Å². The summed E-state index contributed by atoms with van der Waals surface area (Å²) < 4.78 is 5.87. The topological polar surface area (TPSA) is 105 Å². The Labute approximate surface area is 195 Å². The summed E-state index contributed by atoms with van der Waals surface area (Å²) >= 11 is 15.1. The highest BCUT2D eigenvalue weighted by molar-refractivity contribution is 9.10. The van der Waals surface area contributed by atoms with Crippen molar-refractivity contribution in [3.8, 4) is 0 Å². The van der Waals surface area contributed by atoms with Gasteiger partial charge in [-0.1, -0.05) is 39.1 Å². The first kappa shape index (κ1) is 23.1. The molecular weight excluding hydrogens is 513 g/mol. The Balaban J connectivity index is 1.49. The Morgan fingerprint density at radius 2 is 1.84 bits per heavy atom. The molecule has 3 amide bonds. The average molecular weight is 529 g/mol. The van der Waals surface area contributed by atoms with E-state index >= 15 is 0 Å². The molecule has 0 unspecified atom stereocenters. The van der Waals surface area contributed by atoms with Crippen LogP contribution in [0.25, 0.3) is 0 Å². The van der Waals surface area contributed by atoms with Crippen molar-refractivity contribution in [2.45, 2.75) is 6.42 Å². The van der Waals surface area contributed by atoms with E-state index in [-0.39, 0.29) is 23.6 Å². The van der Waals surface area contributed by atoms with Crippen LogP contribution in [0.1, 0.15) is 16.8 Å². The SMILES string of the molecule is O=C(COC(=O)[C@@H]1CC(=O)N(NC(=O)c2ccc(Cl)cc2Cl)C1)Nc1ccc(Br)cc1. The van der Waals surface area contributed by atoms with Gasteiger partial charge in [-0.15, -0.1) is 0 Å². The zero-order valence-corrected chi connectivity index (χ0v) is 19.0. The number of nitrogens with zero attached hydrogens (tertiary/aromatic N) is 1. The van der Waals surface area contributed by atoms with E-state index in [0.717, 1.165) is 9.48 Å². The molecule has 1 aliphatic rings. The Morgan fingerprint density at radius 1 is 1.13 bits per heavy atom. The number of hydrazine groups is 1. The molecule has 1 saturated heterocycles. The number of halogens is 3. The van der Waals surface area contributed by atoms with E-state index in [1.54, 1.807) is 24.3 Å². The second-order valence-corrected chi connectivity index (χ2v) is 8.39. The van der Waals surface area contributed by atoms with Crippen molar-refractivity contribution in [2.75, 3.05) is 18.5 Å². The van der Waals surface area contributed by atoms with Crippen molar-refractivity contribution in [1.29, 1.82) is 0 Å². The fourth-order valence-corrected chi connectivity index (χ4v) is 3.57. The lowest BCUT2D eigenvalue weighted by Gasteiger charge is -2.18. The van der Waals surface area contributed by atoms with Gasteiger partial charge >= 0.3 is 5.97 Å². The van der Waals surface area contributed by atoms with Crippen LogP contribution in [-0.4, -0.2) is 41.9 Å². The number of esters is 1. The van der Waals surface area contributed by atoms with Crippen LogP contribution in [0.5, 0.6) is 0 Å². The number of carbonyl (C=O) groups is 4. The summed E-state index contributed by atoms with van der Waals surface area (Å²) in [5.74, 6) is -3.10. The van der Waals surface area contributed by atoms with Gasteiger partial charge in [0, 0.05) is 21.6 Å². The second-order valence-electron chi connectivity index (χ2n) is 6.63. The normalized spacial score (nSPS) is 15.5. The molecule has 31 heavy (non-hydrogen) atoms. The van der Waals surface area contributed by atoms with Gasteiger partial charge in [0.1, 0.15) is 0 Å². The van der Waals surface area contributed by atoms with Crippen molar-refractivity contribution in [3.05, 3.63) is 62.5 Å². The smallest absolute Gasteiger partial charge is 0.311 e. The van der Waals surface area contributed by atoms with Crippen LogP contribution in [0.15, 0.2) is 46.9 Å². The second kappa shape index (κ2) is 10.1. The van der Waals surface area contributed by atoms with E-state index in [4.69, 9.17) is 27.9 Å². The van der Waals surface area contributed by atoms with Gasteiger partial charge in [-0.2, -0.15) is 0 Å². The lowest BCUT2D eigenvalue weighted by atomic mass is 10.1. The molecule has 0 aliphatic carbocycles. The summed E-state index contributed by atoms with van der Waals surface area (Å²) in [5, 5.41) is 4.12. The number of amides is 3. The minimum Gasteiger partial charge on any atom is -0.455 e. The number of nitrogens with one attached hydrogen (secondary N) is 2. The van der Waals surface area contributed by atoms with Crippen LogP contribution in [0, 0.1) is 5.92 Å². The number of anilines is 1. The van der Waals surface area contributed by atoms with Crippen molar-refractivity contribution in [1.82, 2.24) is 10.4 Å². The molecule has 0 aromatic heterocycles. The maximum absolute atomic E-state index is 12.4. The molecule has 2 aromatic carbocycles. The van der Waals surface area contributed by atoms with E-state index < -0.39 is 36.2 Å². The number of ether oxygens (including phenoxy) is 1. The molecule has 1 aliphatic heterocycles. The number of hydrogen-bond acceptors (Lipinski definition) is 5. The molecule has 162 valence electrons. The molecule has 2 aromatic rings. The Morgan fingerprint density at radius 3 is 2.52 bits per heavy atom. The predicted molar refractivity (Wildman–Crippen MR) is 117 cm³/mol. The summed E-state index contributed by atoms with van der Waals surface area (Å²) in [5.41, 5.74) is 3.10. The molecule has 0 bridgehead atoms. The Kier molecular flexibility index (Phi) is 7.53. The quantitative estimate of drug-likeness (QED) is 0.559. The summed E-state index contributed by atoms with van der Waals surface area (Å²) in [6.07, 6.45) is -0.151. The maximum atomic E-state index is 12.4. The summed E-state index contributed by atoms with van der Waals surface area (Å²) in [6, 6.07) is 11.2. The number of carbonyl (C=O) groups excluding carboxylic acids is 4.